The fraction of sp³-hybridized carbons (Fsp3) is 0.846. The Bertz CT molecular complexity index is 307. The van der Waals surface area contributed by atoms with Crippen molar-refractivity contribution in [3.63, 3.8) is 0 Å². The zero-order valence-electron chi connectivity index (χ0n) is 11.7. The van der Waals surface area contributed by atoms with E-state index in [4.69, 9.17) is 0 Å². The highest BCUT2D eigenvalue weighted by atomic mass is 32.2. The molecule has 1 saturated heterocycles. The normalized spacial score (nSPS) is 24.6. The maximum atomic E-state index is 12.4. The van der Waals surface area contributed by atoms with Crippen LogP contribution in [0.5, 0.6) is 0 Å². The molecular formula is C13H24N2O2S. The van der Waals surface area contributed by atoms with Crippen LogP contribution in [-0.4, -0.2) is 47.4 Å². The van der Waals surface area contributed by atoms with E-state index < -0.39 is 0 Å². The molecule has 1 N–H and O–H groups in total. The quantitative estimate of drug-likeness (QED) is 0.797. The van der Waals surface area contributed by atoms with E-state index in [0.29, 0.717) is 18.9 Å². The Morgan fingerprint density at radius 3 is 2.56 bits per heavy atom. The molecule has 0 radical (unpaired) electrons. The van der Waals surface area contributed by atoms with Crippen LogP contribution in [0.15, 0.2) is 0 Å². The van der Waals surface area contributed by atoms with E-state index in [0.717, 1.165) is 12.2 Å². The molecule has 1 fully saturated rings. The van der Waals surface area contributed by atoms with Gasteiger partial charge in [0.25, 0.3) is 0 Å². The number of thioether (sulfide) groups is 1. The Balaban J connectivity index is 2.79. The third kappa shape index (κ3) is 3.64. The van der Waals surface area contributed by atoms with Crippen LogP contribution >= 0.6 is 11.8 Å². The van der Waals surface area contributed by atoms with E-state index in [2.05, 4.69) is 19.2 Å². The molecule has 0 spiro atoms. The molecule has 1 aliphatic rings. The lowest BCUT2D eigenvalue weighted by Gasteiger charge is -2.39. The minimum atomic E-state index is -0.331. The van der Waals surface area contributed by atoms with Gasteiger partial charge in [-0.1, -0.05) is 20.8 Å². The number of nitrogens with zero attached hydrogens (tertiary/aromatic N) is 1. The fourth-order valence-corrected chi connectivity index (χ4v) is 2.70. The topological polar surface area (TPSA) is 49.4 Å². The van der Waals surface area contributed by atoms with Crippen LogP contribution in [0.2, 0.25) is 0 Å². The Morgan fingerprint density at radius 2 is 2.06 bits per heavy atom. The highest BCUT2D eigenvalue weighted by Crippen LogP contribution is 2.18. The third-order valence-corrected chi connectivity index (χ3v) is 3.80. The maximum Gasteiger partial charge on any atom is 0.245 e. The van der Waals surface area contributed by atoms with Crippen molar-refractivity contribution in [3.8, 4) is 0 Å². The summed E-state index contributed by atoms with van der Waals surface area (Å²) in [5.74, 6) is 1.37. The van der Waals surface area contributed by atoms with E-state index in [1.54, 1.807) is 16.7 Å². The van der Waals surface area contributed by atoms with Crippen LogP contribution in [0.4, 0.5) is 0 Å². The highest BCUT2D eigenvalue weighted by Gasteiger charge is 2.39. The summed E-state index contributed by atoms with van der Waals surface area (Å²) in [7, 11) is 0. The van der Waals surface area contributed by atoms with Gasteiger partial charge in [-0.25, -0.2) is 0 Å². The molecule has 0 aromatic heterocycles. The van der Waals surface area contributed by atoms with Gasteiger partial charge < -0.3 is 10.2 Å². The zero-order valence-corrected chi connectivity index (χ0v) is 12.5. The van der Waals surface area contributed by atoms with Crippen molar-refractivity contribution < 1.29 is 9.59 Å². The monoisotopic (exact) mass is 272 g/mol. The van der Waals surface area contributed by atoms with Crippen LogP contribution in [0, 0.1) is 5.92 Å². The zero-order chi connectivity index (χ0) is 13.7. The largest absolute Gasteiger partial charge is 0.342 e. The van der Waals surface area contributed by atoms with Crippen molar-refractivity contribution in [1.82, 2.24) is 10.2 Å². The number of carbonyl (C=O) groups excluding carboxylic acids is 2. The number of amides is 2. The number of hydrogen-bond acceptors (Lipinski definition) is 3. The molecule has 2 amide bonds. The molecule has 1 heterocycles. The molecule has 104 valence electrons. The lowest BCUT2D eigenvalue weighted by molar-refractivity contribution is -0.149. The molecule has 1 rings (SSSR count). The van der Waals surface area contributed by atoms with Gasteiger partial charge in [-0.15, -0.1) is 0 Å². The Hall–Kier alpha value is -0.710. The van der Waals surface area contributed by atoms with Crippen molar-refractivity contribution in [2.24, 2.45) is 5.92 Å². The standard InChI is InChI=1S/C13H24N2O2S/c1-5-11-12(16)14-10(8-9(2)3)13(17)15(11)6-7-18-4/h9-11H,5-8H2,1-4H3,(H,14,16). The molecule has 5 heteroatoms. The molecule has 18 heavy (non-hydrogen) atoms. The van der Waals surface area contributed by atoms with Crippen molar-refractivity contribution in [2.75, 3.05) is 18.6 Å². The smallest absolute Gasteiger partial charge is 0.245 e. The summed E-state index contributed by atoms with van der Waals surface area (Å²) in [6.07, 6.45) is 3.41. The SMILES string of the molecule is CCC1C(=O)NC(CC(C)C)C(=O)N1CCSC. The van der Waals surface area contributed by atoms with Crippen molar-refractivity contribution in [3.05, 3.63) is 0 Å². The van der Waals surface area contributed by atoms with E-state index in [9.17, 15) is 9.59 Å². The summed E-state index contributed by atoms with van der Waals surface area (Å²) in [5.41, 5.74) is 0. The second-order valence-electron chi connectivity index (χ2n) is 5.14. The van der Waals surface area contributed by atoms with Gasteiger partial charge >= 0.3 is 0 Å². The molecule has 4 nitrogen and oxygen atoms in total. The summed E-state index contributed by atoms with van der Waals surface area (Å²) < 4.78 is 0. The predicted molar refractivity (Wildman–Crippen MR) is 75.6 cm³/mol. The van der Waals surface area contributed by atoms with Gasteiger partial charge in [0.05, 0.1) is 0 Å². The summed E-state index contributed by atoms with van der Waals surface area (Å²) in [6, 6.07) is -0.616. The Morgan fingerprint density at radius 1 is 1.39 bits per heavy atom. The van der Waals surface area contributed by atoms with Crippen molar-refractivity contribution in [1.29, 1.82) is 0 Å². The first-order valence-electron chi connectivity index (χ1n) is 6.61. The Labute approximate surface area is 114 Å². The van der Waals surface area contributed by atoms with E-state index in [-0.39, 0.29) is 23.9 Å². The number of piperazine rings is 1. The number of nitrogens with one attached hydrogen (secondary N) is 1. The molecule has 0 aliphatic carbocycles. The van der Waals surface area contributed by atoms with Gasteiger partial charge in [0, 0.05) is 12.3 Å². The molecule has 0 aromatic carbocycles. The van der Waals surface area contributed by atoms with Gasteiger partial charge in [0.2, 0.25) is 11.8 Å². The second kappa shape index (κ2) is 7.02. The molecule has 1 aliphatic heterocycles. The maximum absolute atomic E-state index is 12.4. The number of carbonyl (C=O) groups is 2. The molecule has 2 atom stereocenters. The highest BCUT2D eigenvalue weighted by molar-refractivity contribution is 7.98. The molecule has 0 saturated carbocycles. The first-order chi connectivity index (χ1) is 8.51. The van der Waals surface area contributed by atoms with Crippen LogP contribution in [0.1, 0.15) is 33.6 Å². The number of rotatable bonds is 6. The van der Waals surface area contributed by atoms with Crippen LogP contribution in [-0.2, 0) is 9.59 Å². The summed E-state index contributed by atoms with van der Waals surface area (Å²) in [4.78, 5) is 26.2. The van der Waals surface area contributed by atoms with E-state index in [1.807, 2.05) is 13.2 Å². The molecule has 0 bridgehead atoms. The predicted octanol–water partition coefficient (Wildman–Crippen LogP) is 1.50. The lowest BCUT2D eigenvalue weighted by Crippen LogP contribution is -2.63. The van der Waals surface area contributed by atoms with Gasteiger partial charge in [0.15, 0.2) is 0 Å². The molecule has 0 aromatic rings. The van der Waals surface area contributed by atoms with E-state index in [1.165, 1.54) is 0 Å². The first kappa shape index (κ1) is 15.3. The second-order valence-corrected chi connectivity index (χ2v) is 6.12. The van der Waals surface area contributed by atoms with Crippen LogP contribution in [0.3, 0.4) is 0 Å². The third-order valence-electron chi connectivity index (χ3n) is 3.21. The minimum absolute atomic E-state index is 0.00357. The van der Waals surface area contributed by atoms with Gasteiger partial charge in [-0.2, -0.15) is 11.8 Å². The first-order valence-corrected chi connectivity index (χ1v) is 8.00. The lowest BCUT2D eigenvalue weighted by atomic mass is 9.98. The van der Waals surface area contributed by atoms with Gasteiger partial charge in [0.1, 0.15) is 12.1 Å². The van der Waals surface area contributed by atoms with Crippen molar-refractivity contribution in [2.45, 2.75) is 45.7 Å². The van der Waals surface area contributed by atoms with Crippen LogP contribution < -0.4 is 5.32 Å². The molecule has 2 unspecified atom stereocenters. The van der Waals surface area contributed by atoms with Gasteiger partial charge in [-0.3, -0.25) is 9.59 Å². The minimum Gasteiger partial charge on any atom is -0.342 e. The summed E-state index contributed by atoms with van der Waals surface area (Å²) >= 11 is 1.70. The molecular weight excluding hydrogens is 248 g/mol. The van der Waals surface area contributed by atoms with Crippen LogP contribution in [0.25, 0.3) is 0 Å². The van der Waals surface area contributed by atoms with E-state index >= 15 is 0 Å². The average Bonchev–Trinajstić information content (AvgIpc) is 2.30. The summed E-state index contributed by atoms with van der Waals surface area (Å²) in [6.45, 7) is 6.75. The number of hydrogen-bond donors (Lipinski definition) is 1. The van der Waals surface area contributed by atoms with Crippen molar-refractivity contribution >= 4 is 23.6 Å². The Kier molecular flexibility index (Phi) is 5.99. The fourth-order valence-electron chi connectivity index (χ4n) is 2.32. The summed E-state index contributed by atoms with van der Waals surface area (Å²) in [5, 5.41) is 2.87. The average molecular weight is 272 g/mol. The van der Waals surface area contributed by atoms with Gasteiger partial charge in [-0.05, 0) is 25.0 Å².